The Labute approximate surface area is 180 Å². The van der Waals surface area contributed by atoms with E-state index in [0.29, 0.717) is 23.4 Å². The maximum absolute atomic E-state index is 6.08. The third-order valence-corrected chi connectivity index (χ3v) is 5.61. The Balaban J connectivity index is 1.65. The lowest BCUT2D eigenvalue weighted by Crippen LogP contribution is -2.58. The molecule has 0 saturated carbocycles. The van der Waals surface area contributed by atoms with Crippen molar-refractivity contribution in [1.82, 2.24) is 4.90 Å². The van der Waals surface area contributed by atoms with Crippen LogP contribution in [0, 0.1) is 0 Å². The summed E-state index contributed by atoms with van der Waals surface area (Å²) < 4.78 is 0. The molecule has 0 unspecified atom stereocenters. The minimum Gasteiger partial charge on any atom is -0.305 e. The van der Waals surface area contributed by atoms with Crippen molar-refractivity contribution in [2.45, 2.75) is 6.54 Å². The van der Waals surface area contributed by atoms with Gasteiger partial charge in [-0.15, -0.1) is 0 Å². The van der Waals surface area contributed by atoms with Gasteiger partial charge in [-0.2, -0.15) is 0 Å². The zero-order valence-corrected chi connectivity index (χ0v) is 17.5. The molecule has 0 bridgehead atoms. The van der Waals surface area contributed by atoms with Gasteiger partial charge in [0.15, 0.2) is 5.11 Å². The monoisotopic (exact) mass is 427 g/mol. The summed E-state index contributed by atoms with van der Waals surface area (Å²) in [5.74, 6) is 0. The van der Waals surface area contributed by atoms with E-state index < -0.39 is 0 Å². The lowest BCUT2D eigenvalue weighted by molar-refractivity contribution is 0.269. The lowest BCUT2D eigenvalue weighted by atomic mass is 10.2. The van der Waals surface area contributed by atoms with Crippen LogP contribution in [0.25, 0.3) is 0 Å². The van der Waals surface area contributed by atoms with E-state index in [1.54, 1.807) is 0 Å². The van der Waals surface area contributed by atoms with Crippen molar-refractivity contribution in [1.29, 1.82) is 0 Å². The fraction of sp³-hybridized carbons (Fsp3) is 0.136. The molecule has 1 aliphatic heterocycles. The minimum absolute atomic E-state index is 0.708. The van der Waals surface area contributed by atoms with Crippen LogP contribution in [0.15, 0.2) is 78.9 Å². The number of hydrogen-bond acceptors (Lipinski definition) is 2. The van der Waals surface area contributed by atoms with Crippen LogP contribution in [-0.4, -0.2) is 23.3 Å². The lowest BCUT2D eigenvalue weighted by Gasteiger charge is -2.44. The molecule has 1 fully saturated rings. The largest absolute Gasteiger partial charge is 0.305 e. The molecule has 1 saturated heterocycles. The second-order valence-electron chi connectivity index (χ2n) is 6.69. The first-order valence-corrected chi connectivity index (χ1v) is 10.1. The van der Waals surface area contributed by atoms with Crippen molar-refractivity contribution >= 4 is 51.9 Å². The molecule has 3 aromatic carbocycles. The normalized spacial score (nSPS) is 15.1. The average molecular weight is 428 g/mol. The predicted octanol–water partition coefficient (Wildman–Crippen LogP) is 6.02. The van der Waals surface area contributed by atoms with E-state index in [-0.39, 0.29) is 0 Å². The molecular formula is C22H19Cl2N3S. The van der Waals surface area contributed by atoms with Crippen LogP contribution in [0.4, 0.5) is 11.4 Å². The molecule has 3 aromatic rings. The molecule has 1 heterocycles. The van der Waals surface area contributed by atoms with E-state index in [4.69, 9.17) is 35.4 Å². The zero-order chi connectivity index (χ0) is 19.5. The summed E-state index contributed by atoms with van der Waals surface area (Å²) in [6.45, 7) is 2.25. The van der Waals surface area contributed by atoms with E-state index in [9.17, 15) is 0 Å². The van der Waals surface area contributed by atoms with E-state index in [2.05, 4.69) is 39.0 Å². The summed E-state index contributed by atoms with van der Waals surface area (Å²) >= 11 is 18.0. The number of anilines is 2. The van der Waals surface area contributed by atoms with Gasteiger partial charge in [-0.25, -0.2) is 0 Å². The van der Waals surface area contributed by atoms with Gasteiger partial charge in [0.1, 0.15) is 0 Å². The smallest absolute Gasteiger partial charge is 0.182 e. The van der Waals surface area contributed by atoms with E-state index >= 15 is 0 Å². The predicted molar refractivity (Wildman–Crippen MR) is 122 cm³/mol. The second kappa shape index (κ2) is 8.50. The minimum atomic E-state index is 0.708. The molecule has 0 aromatic heterocycles. The standard InChI is InChI=1S/C22H19Cl2N3S/c23-18-6-10-20(11-7-18)26-15-25(14-17-4-2-1-3-5-17)16-27(22(26)28)21-12-8-19(24)9-13-21/h1-13H,14-16H2. The Hall–Kier alpha value is -2.11. The van der Waals surface area contributed by atoms with Gasteiger partial charge in [0.2, 0.25) is 0 Å². The van der Waals surface area contributed by atoms with Gasteiger partial charge in [-0.1, -0.05) is 53.5 Å². The SMILES string of the molecule is S=C1N(c2ccc(Cl)cc2)CN(Cc2ccccc2)CN1c1ccc(Cl)cc1. The molecule has 0 spiro atoms. The van der Waals surface area contributed by atoms with Crippen molar-refractivity contribution in [2.24, 2.45) is 0 Å². The van der Waals surface area contributed by atoms with Crippen molar-refractivity contribution in [3.05, 3.63) is 94.5 Å². The summed E-state index contributed by atoms with van der Waals surface area (Å²) in [7, 11) is 0. The summed E-state index contributed by atoms with van der Waals surface area (Å²) in [5, 5.41) is 2.18. The molecular weight excluding hydrogens is 409 g/mol. The quantitative estimate of drug-likeness (QED) is 0.470. The zero-order valence-electron chi connectivity index (χ0n) is 15.1. The molecule has 3 nitrogen and oxygen atoms in total. The van der Waals surface area contributed by atoms with Gasteiger partial charge < -0.3 is 9.80 Å². The molecule has 142 valence electrons. The second-order valence-corrected chi connectivity index (χ2v) is 7.93. The summed E-state index contributed by atoms with van der Waals surface area (Å²) in [5.41, 5.74) is 3.31. The first kappa shape index (κ1) is 19.2. The Bertz CT molecular complexity index is 888. The highest BCUT2D eigenvalue weighted by Gasteiger charge is 2.29. The van der Waals surface area contributed by atoms with Crippen molar-refractivity contribution in [3.8, 4) is 0 Å². The fourth-order valence-electron chi connectivity index (χ4n) is 3.28. The van der Waals surface area contributed by atoms with Gasteiger partial charge >= 0.3 is 0 Å². The Morgan fingerprint density at radius 2 is 1.14 bits per heavy atom. The third-order valence-electron chi connectivity index (χ3n) is 4.67. The van der Waals surface area contributed by atoms with Crippen molar-refractivity contribution in [2.75, 3.05) is 23.1 Å². The van der Waals surface area contributed by atoms with Crippen molar-refractivity contribution < 1.29 is 0 Å². The Kier molecular flexibility index (Phi) is 5.83. The number of thiocarbonyl (C=S) groups is 1. The first-order valence-electron chi connectivity index (χ1n) is 8.96. The van der Waals surface area contributed by atoms with Crippen LogP contribution in [-0.2, 0) is 6.54 Å². The van der Waals surface area contributed by atoms with Crippen LogP contribution in [0.5, 0.6) is 0 Å². The highest BCUT2D eigenvalue weighted by atomic mass is 35.5. The van der Waals surface area contributed by atoms with Gasteiger partial charge in [-0.05, 0) is 66.3 Å². The molecule has 0 atom stereocenters. The molecule has 0 radical (unpaired) electrons. The molecule has 0 aliphatic carbocycles. The van der Waals surface area contributed by atoms with E-state index in [1.165, 1.54) is 5.56 Å². The number of halogens is 2. The highest BCUT2D eigenvalue weighted by Crippen LogP contribution is 2.27. The Morgan fingerprint density at radius 3 is 1.61 bits per heavy atom. The molecule has 0 N–H and O–H groups in total. The van der Waals surface area contributed by atoms with E-state index in [0.717, 1.165) is 23.0 Å². The van der Waals surface area contributed by atoms with E-state index in [1.807, 2.05) is 54.6 Å². The van der Waals surface area contributed by atoms with Crippen LogP contribution >= 0.6 is 35.4 Å². The molecule has 1 aliphatic rings. The summed E-state index contributed by atoms with van der Waals surface area (Å²) in [6, 6.07) is 26.0. The Morgan fingerprint density at radius 1 is 0.679 bits per heavy atom. The van der Waals surface area contributed by atoms with Gasteiger partial charge in [0, 0.05) is 28.0 Å². The highest BCUT2D eigenvalue weighted by molar-refractivity contribution is 7.80. The first-order chi connectivity index (χ1) is 13.6. The maximum Gasteiger partial charge on any atom is 0.182 e. The van der Waals surface area contributed by atoms with Gasteiger partial charge in [0.25, 0.3) is 0 Å². The summed E-state index contributed by atoms with van der Waals surface area (Å²) in [6.07, 6.45) is 0. The van der Waals surface area contributed by atoms with Gasteiger partial charge in [0.05, 0.1) is 13.3 Å². The number of rotatable bonds is 4. The average Bonchev–Trinajstić information content (AvgIpc) is 2.71. The maximum atomic E-state index is 6.08. The number of benzene rings is 3. The van der Waals surface area contributed by atoms with Crippen molar-refractivity contribution in [3.63, 3.8) is 0 Å². The number of nitrogens with zero attached hydrogens (tertiary/aromatic N) is 3. The number of hydrogen-bond donors (Lipinski definition) is 0. The molecule has 0 amide bonds. The molecule has 4 rings (SSSR count). The fourth-order valence-corrected chi connectivity index (χ4v) is 3.86. The third kappa shape index (κ3) is 4.31. The van der Waals surface area contributed by atoms with Gasteiger partial charge in [-0.3, -0.25) is 4.90 Å². The summed E-state index contributed by atoms with van der Waals surface area (Å²) in [4.78, 5) is 6.62. The topological polar surface area (TPSA) is 9.72 Å². The van der Waals surface area contributed by atoms with Crippen LogP contribution in [0.3, 0.4) is 0 Å². The molecule has 6 heteroatoms. The van der Waals surface area contributed by atoms with Crippen LogP contribution in [0.2, 0.25) is 10.0 Å². The van der Waals surface area contributed by atoms with Crippen LogP contribution < -0.4 is 9.80 Å². The molecule has 28 heavy (non-hydrogen) atoms. The van der Waals surface area contributed by atoms with Crippen LogP contribution in [0.1, 0.15) is 5.56 Å².